The minimum Gasteiger partial charge on any atom is -0.311 e. The fourth-order valence-corrected chi connectivity index (χ4v) is 3.25. The second-order valence-corrected chi connectivity index (χ2v) is 6.04. The van der Waals surface area contributed by atoms with Crippen molar-refractivity contribution >= 4 is 0 Å². The van der Waals surface area contributed by atoms with Gasteiger partial charge in [-0.15, -0.1) is 0 Å². The zero-order chi connectivity index (χ0) is 13.7. The fourth-order valence-electron chi connectivity index (χ4n) is 3.25. The number of rotatable bonds is 5. The molecule has 0 aromatic heterocycles. The molecule has 0 radical (unpaired) electrons. The smallest absolute Gasteiger partial charge is 0.123 e. The highest BCUT2D eigenvalue weighted by Gasteiger charge is 2.21. The average molecular weight is 263 g/mol. The molecule has 0 spiro atoms. The van der Waals surface area contributed by atoms with E-state index in [1.54, 1.807) is 12.1 Å². The molecule has 1 aliphatic rings. The summed E-state index contributed by atoms with van der Waals surface area (Å²) in [5, 5.41) is 3.75. The van der Waals surface area contributed by atoms with E-state index in [0.29, 0.717) is 12.1 Å². The lowest BCUT2D eigenvalue weighted by Gasteiger charge is -2.31. The van der Waals surface area contributed by atoms with Crippen LogP contribution in [0.15, 0.2) is 24.3 Å². The molecule has 0 amide bonds. The summed E-state index contributed by atoms with van der Waals surface area (Å²) in [4.78, 5) is 0. The highest BCUT2D eigenvalue weighted by atomic mass is 19.1. The van der Waals surface area contributed by atoms with Gasteiger partial charge < -0.3 is 5.32 Å². The Hall–Kier alpha value is -0.890. The van der Waals surface area contributed by atoms with Crippen molar-refractivity contribution in [2.75, 3.05) is 0 Å². The zero-order valence-corrected chi connectivity index (χ0v) is 12.2. The van der Waals surface area contributed by atoms with Crippen molar-refractivity contribution in [3.8, 4) is 0 Å². The van der Waals surface area contributed by atoms with Crippen molar-refractivity contribution in [2.45, 2.75) is 64.5 Å². The van der Waals surface area contributed by atoms with Crippen molar-refractivity contribution in [2.24, 2.45) is 5.92 Å². The predicted octanol–water partition coefficient (Wildman–Crippen LogP) is 4.32. The first-order valence-electron chi connectivity index (χ1n) is 7.68. The third kappa shape index (κ3) is 4.61. The zero-order valence-electron chi connectivity index (χ0n) is 12.2. The van der Waals surface area contributed by atoms with E-state index >= 15 is 0 Å². The van der Waals surface area contributed by atoms with E-state index in [2.05, 4.69) is 19.2 Å². The van der Waals surface area contributed by atoms with Crippen molar-refractivity contribution in [1.82, 2.24) is 5.32 Å². The van der Waals surface area contributed by atoms with Gasteiger partial charge in [0.25, 0.3) is 0 Å². The summed E-state index contributed by atoms with van der Waals surface area (Å²) in [6, 6.07) is 8.03. The van der Waals surface area contributed by atoms with Crippen LogP contribution < -0.4 is 5.32 Å². The first kappa shape index (κ1) is 14.5. The summed E-state index contributed by atoms with van der Waals surface area (Å²) in [6.07, 6.45) is 7.69. The molecule has 1 aromatic rings. The predicted molar refractivity (Wildman–Crippen MR) is 78.7 cm³/mol. The summed E-state index contributed by atoms with van der Waals surface area (Å²) in [6.45, 7) is 4.54. The monoisotopic (exact) mass is 263 g/mol. The minimum absolute atomic E-state index is 0.151. The maximum absolute atomic E-state index is 12.9. The third-order valence-corrected chi connectivity index (χ3v) is 4.34. The topological polar surface area (TPSA) is 12.0 Å². The molecule has 1 aliphatic carbocycles. The molecule has 1 aromatic carbocycles. The van der Waals surface area contributed by atoms with Crippen LogP contribution >= 0.6 is 0 Å². The summed E-state index contributed by atoms with van der Waals surface area (Å²) in [7, 11) is 0. The van der Waals surface area contributed by atoms with Gasteiger partial charge in [0.05, 0.1) is 0 Å². The standard InChI is InChI=1S/C17H26FN/c1-3-14-5-4-6-17(12-14)19-13(2)11-15-7-9-16(18)10-8-15/h7-10,13-14,17,19H,3-6,11-12H2,1-2H3. The van der Waals surface area contributed by atoms with Crippen LogP contribution in [0.4, 0.5) is 4.39 Å². The Balaban J connectivity index is 1.80. The molecule has 0 heterocycles. The van der Waals surface area contributed by atoms with Gasteiger partial charge in [-0.1, -0.05) is 38.3 Å². The molecule has 0 saturated heterocycles. The molecule has 106 valence electrons. The van der Waals surface area contributed by atoms with Gasteiger partial charge in [0, 0.05) is 12.1 Å². The molecule has 3 unspecified atom stereocenters. The number of hydrogen-bond acceptors (Lipinski definition) is 1. The molecule has 0 aliphatic heterocycles. The molecule has 2 rings (SSSR count). The Bertz CT molecular complexity index is 373. The number of hydrogen-bond donors (Lipinski definition) is 1. The van der Waals surface area contributed by atoms with Gasteiger partial charge in [0.2, 0.25) is 0 Å². The molecule has 2 heteroatoms. The van der Waals surface area contributed by atoms with Crippen LogP contribution in [0, 0.1) is 11.7 Å². The number of halogens is 1. The van der Waals surface area contributed by atoms with Gasteiger partial charge >= 0.3 is 0 Å². The second kappa shape index (κ2) is 7.04. The highest BCUT2D eigenvalue weighted by molar-refractivity contribution is 5.17. The fraction of sp³-hybridized carbons (Fsp3) is 0.647. The number of benzene rings is 1. The molecular weight excluding hydrogens is 237 g/mol. The van der Waals surface area contributed by atoms with Gasteiger partial charge in [-0.2, -0.15) is 0 Å². The van der Waals surface area contributed by atoms with Crippen LogP contribution in [0.3, 0.4) is 0 Å². The molecular formula is C17H26FN. The van der Waals surface area contributed by atoms with Crippen LogP contribution in [0.5, 0.6) is 0 Å². The lowest BCUT2D eigenvalue weighted by Crippen LogP contribution is -2.40. The van der Waals surface area contributed by atoms with E-state index in [-0.39, 0.29) is 5.82 Å². The van der Waals surface area contributed by atoms with Gasteiger partial charge in [0.1, 0.15) is 5.82 Å². The lowest BCUT2D eigenvalue weighted by atomic mass is 9.84. The van der Waals surface area contributed by atoms with Gasteiger partial charge in [-0.05, 0) is 49.8 Å². The minimum atomic E-state index is -0.151. The Morgan fingerprint density at radius 2 is 2.00 bits per heavy atom. The Morgan fingerprint density at radius 1 is 1.26 bits per heavy atom. The molecule has 1 saturated carbocycles. The molecule has 3 atom stereocenters. The summed E-state index contributed by atoms with van der Waals surface area (Å²) in [5.41, 5.74) is 1.21. The normalized spacial score (nSPS) is 25.2. The van der Waals surface area contributed by atoms with Crippen molar-refractivity contribution in [3.05, 3.63) is 35.6 Å². The Morgan fingerprint density at radius 3 is 2.68 bits per heavy atom. The SMILES string of the molecule is CCC1CCCC(NC(C)Cc2ccc(F)cc2)C1. The molecule has 19 heavy (non-hydrogen) atoms. The largest absolute Gasteiger partial charge is 0.311 e. The van der Waals surface area contributed by atoms with E-state index < -0.39 is 0 Å². The van der Waals surface area contributed by atoms with Crippen LogP contribution in [0.25, 0.3) is 0 Å². The Kier molecular flexibility index (Phi) is 5.38. The first-order chi connectivity index (χ1) is 9.17. The van der Waals surface area contributed by atoms with E-state index in [1.165, 1.54) is 37.7 Å². The third-order valence-electron chi connectivity index (χ3n) is 4.34. The lowest BCUT2D eigenvalue weighted by molar-refractivity contribution is 0.264. The van der Waals surface area contributed by atoms with Gasteiger partial charge in [-0.3, -0.25) is 0 Å². The van der Waals surface area contributed by atoms with Crippen LogP contribution in [0.2, 0.25) is 0 Å². The van der Waals surface area contributed by atoms with Crippen LogP contribution in [0.1, 0.15) is 51.5 Å². The van der Waals surface area contributed by atoms with Gasteiger partial charge in [0.15, 0.2) is 0 Å². The van der Waals surface area contributed by atoms with Crippen LogP contribution in [-0.2, 0) is 6.42 Å². The molecule has 1 N–H and O–H groups in total. The summed E-state index contributed by atoms with van der Waals surface area (Å²) in [5.74, 6) is 0.756. The van der Waals surface area contributed by atoms with E-state index in [4.69, 9.17) is 0 Å². The molecule has 0 bridgehead atoms. The highest BCUT2D eigenvalue weighted by Crippen LogP contribution is 2.26. The van der Waals surface area contributed by atoms with Crippen LogP contribution in [-0.4, -0.2) is 12.1 Å². The maximum Gasteiger partial charge on any atom is 0.123 e. The quantitative estimate of drug-likeness (QED) is 0.834. The average Bonchev–Trinajstić information content (AvgIpc) is 2.41. The van der Waals surface area contributed by atoms with Crippen molar-refractivity contribution in [3.63, 3.8) is 0 Å². The summed E-state index contributed by atoms with van der Waals surface area (Å²) < 4.78 is 12.9. The van der Waals surface area contributed by atoms with Crippen molar-refractivity contribution in [1.29, 1.82) is 0 Å². The number of nitrogens with one attached hydrogen (secondary N) is 1. The molecule has 1 nitrogen and oxygen atoms in total. The van der Waals surface area contributed by atoms with Gasteiger partial charge in [-0.25, -0.2) is 4.39 Å². The van der Waals surface area contributed by atoms with Crippen molar-refractivity contribution < 1.29 is 4.39 Å². The second-order valence-electron chi connectivity index (χ2n) is 6.04. The summed E-state index contributed by atoms with van der Waals surface area (Å²) >= 11 is 0. The van der Waals surface area contributed by atoms with E-state index in [9.17, 15) is 4.39 Å². The first-order valence-corrected chi connectivity index (χ1v) is 7.68. The maximum atomic E-state index is 12.9. The van der Waals surface area contributed by atoms with E-state index in [1.807, 2.05) is 12.1 Å². The molecule has 1 fully saturated rings. The van der Waals surface area contributed by atoms with E-state index in [0.717, 1.165) is 12.3 Å². The Labute approximate surface area is 116 Å².